The molecule has 0 aromatic heterocycles. The summed E-state index contributed by atoms with van der Waals surface area (Å²) in [6.45, 7) is 5.51. The van der Waals surface area contributed by atoms with E-state index in [0.717, 1.165) is 48.1 Å². The number of hydrogen-bond acceptors (Lipinski definition) is 3. The lowest BCUT2D eigenvalue weighted by Gasteiger charge is -2.57. The summed E-state index contributed by atoms with van der Waals surface area (Å²) in [6.07, 6.45) is 6.55. The van der Waals surface area contributed by atoms with Crippen LogP contribution in [0.5, 0.6) is 0 Å². The Morgan fingerprint density at radius 3 is 2.23 bits per heavy atom. The van der Waals surface area contributed by atoms with Crippen LogP contribution in [0, 0.1) is 31.6 Å². The molecule has 1 amide bonds. The quantitative estimate of drug-likeness (QED) is 0.833. The highest BCUT2D eigenvalue weighted by Crippen LogP contribution is 2.55. The largest absolute Gasteiger partial charge is 0.449 e. The number of nitrogens with one attached hydrogen (secondary N) is 1. The number of esters is 1. The smallest absolute Gasteiger partial charge is 0.339 e. The predicted molar refractivity (Wildman–Crippen MR) is 99.8 cm³/mol. The monoisotopic (exact) mass is 355 g/mol. The molecule has 1 N–H and O–H groups in total. The molecule has 1 atom stereocenters. The van der Waals surface area contributed by atoms with Gasteiger partial charge in [0.25, 0.3) is 5.91 Å². The molecule has 0 heterocycles. The van der Waals surface area contributed by atoms with Crippen LogP contribution in [0.3, 0.4) is 0 Å². The van der Waals surface area contributed by atoms with E-state index in [9.17, 15) is 9.59 Å². The van der Waals surface area contributed by atoms with Crippen molar-refractivity contribution in [3.05, 3.63) is 34.9 Å². The third-order valence-corrected chi connectivity index (χ3v) is 6.69. The number of rotatable bonds is 4. The second kappa shape index (κ2) is 6.40. The minimum Gasteiger partial charge on any atom is -0.449 e. The van der Waals surface area contributed by atoms with E-state index in [2.05, 4.69) is 5.32 Å². The summed E-state index contributed by atoms with van der Waals surface area (Å²) in [5, 5.41) is 3.29. The first-order chi connectivity index (χ1) is 12.3. The van der Waals surface area contributed by atoms with Gasteiger partial charge >= 0.3 is 5.97 Å². The van der Waals surface area contributed by atoms with Crippen LogP contribution in [0.4, 0.5) is 0 Å². The Morgan fingerprint density at radius 2 is 1.65 bits per heavy atom. The zero-order chi connectivity index (χ0) is 18.5. The lowest BCUT2D eigenvalue weighted by molar-refractivity contribution is -0.134. The first-order valence-corrected chi connectivity index (χ1v) is 9.94. The van der Waals surface area contributed by atoms with Gasteiger partial charge in [-0.15, -0.1) is 0 Å². The van der Waals surface area contributed by atoms with Crippen molar-refractivity contribution in [1.29, 1.82) is 0 Å². The molecule has 0 aliphatic heterocycles. The van der Waals surface area contributed by atoms with E-state index in [1.54, 1.807) is 6.92 Å². The van der Waals surface area contributed by atoms with E-state index in [1.165, 1.54) is 19.3 Å². The molecule has 4 aliphatic carbocycles. The molecule has 0 radical (unpaired) electrons. The normalized spacial score (nSPS) is 33.0. The number of aryl methyl sites for hydroxylation is 2. The maximum Gasteiger partial charge on any atom is 0.339 e. The average molecular weight is 355 g/mol. The Kier molecular flexibility index (Phi) is 4.32. The third-order valence-electron chi connectivity index (χ3n) is 6.69. The van der Waals surface area contributed by atoms with Gasteiger partial charge in [-0.2, -0.15) is 0 Å². The maximum absolute atomic E-state index is 12.8. The molecule has 4 aliphatic rings. The molecule has 0 unspecified atom stereocenters. The molecule has 4 bridgehead atoms. The summed E-state index contributed by atoms with van der Waals surface area (Å²) in [6, 6.07) is 5.70. The van der Waals surface area contributed by atoms with Crippen LogP contribution >= 0.6 is 0 Å². The van der Waals surface area contributed by atoms with Crippen molar-refractivity contribution in [2.24, 2.45) is 17.8 Å². The van der Waals surface area contributed by atoms with Crippen molar-refractivity contribution in [2.75, 3.05) is 0 Å². The minimum atomic E-state index is -0.768. The summed E-state index contributed by atoms with van der Waals surface area (Å²) in [7, 11) is 0. The molecule has 1 aromatic carbocycles. The topological polar surface area (TPSA) is 55.4 Å². The van der Waals surface area contributed by atoms with E-state index in [1.807, 2.05) is 32.0 Å². The average Bonchev–Trinajstić information content (AvgIpc) is 2.55. The highest BCUT2D eigenvalue weighted by molar-refractivity contribution is 5.93. The molecular weight excluding hydrogens is 326 g/mol. The van der Waals surface area contributed by atoms with Crippen molar-refractivity contribution < 1.29 is 14.3 Å². The van der Waals surface area contributed by atoms with Crippen LogP contribution in [0.1, 0.15) is 66.9 Å². The summed E-state index contributed by atoms with van der Waals surface area (Å²) >= 11 is 0. The van der Waals surface area contributed by atoms with Crippen molar-refractivity contribution in [3.8, 4) is 0 Å². The van der Waals surface area contributed by atoms with E-state index in [-0.39, 0.29) is 11.4 Å². The van der Waals surface area contributed by atoms with Gasteiger partial charge in [-0.1, -0.05) is 17.7 Å². The molecule has 0 spiro atoms. The summed E-state index contributed by atoms with van der Waals surface area (Å²) < 4.78 is 5.50. The van der Waals surface area contributed by atoms with Crippen LogP contribution in [0.2, 0.25) is 0 Å². The van der Waals surface area contributed by atoms with Crippen LogP contribution in [0.15, 0.2) is 18.2 Å². The van der Waals surface area contributed by atoms with Gasteiger partial charge in [0.1, 0.15) is 0 Å². The maximum atomic E-state index is 12.8. The molecule has 5 rings (SSSR count). The van der Waals surface area contributed by atoms with Crippen LogP contribution < -0.4 is 5.32 Å². The highest BCUT2D eigenvalue weighted by Gasteiger charge is 2.51. The van der Waals surface area contributed by atoms with E-state index in [4.69, 9.17) is 4.74 Å². The summed E-state index contributed by atoms with van der Waals surface area (Å²) in [5.41, 5.74) is 2.37. The van der Waals surface area contributed by atoms with Gasteiger partial charge in [0.2, 0.25) is 0 Å². The fourth-order valence-corrected chi connectivity index (χ4v) is 5.86. The lowest BCUT2D eigenvalue weighted by Crippen LogP contribution is -2.61. The SMILES string of the molecule is Cc1ccc(C)c(C(=O)O[C@@H](C)C(=O)NC23CC4CC(CC(C4)C2)C3)c1. The van der Waals surface area contributed by atoms with Gasteiger partial charge < -0.3 is 10.1 Å². The van der Waals surface area contributed by atoms with Gasteiger partial charge in [-0.05, 0) is 88.7 Å². The molecule has 140 valence electrons. The van der Waals surface area contributed by atoms with E-state index < -0.39 is 12.1 Å². The Labute approximate surface area is 155 Å². The van der Waals surface area contributed by atoms with Gasteiger partial charge in [0.15, 0.2) is 6.10 Å². The minimum absolute atomic E-state index is 0.0498. The highest BCUT2D eigenvalue weighted by atomic mass is 16.5. The number of amides is 1. The van der Waals surface area contributed by atoms with E-state index in [0.29, 0.717) is 5.56 Å². The number of benzene rings is 1. The fraction of sp³-hybridized carbons (Fsp3) is 0.636. The molecule has 4 saturated carbocycles. The Hall–Kier alpha value is -1.84. The number of carbonyl (C=O) groups is 2. The molecular formula is C22H29NO3. The van der Waals surface area contributed by atoms with Gasteiger partial charge in [-0.25, -0.2) is 4.79 Å². The fourth-order valence-electron chi connectivity index (χ4n) is 5.86. The number of ether oxygens (including phenoxy) is 1. The summed E-state index contributed by atoms with van der Waals surface area (Å²) in [4.78, 5) is 25.3. The lowest BCUT2D eigenvalue weighted by atomic mass is 9.53. The first kappa shape index (κ1) is 17.6. The Morgan fingerprint density at radius 1 is 1.08 bits per heavy atom. The third kappa shape index (κ3) is 3.26. The second-order valence-electron chi connectivity index (χ2n) is 9.05. The van der Waals surface area contributed by atoms with Crippen molar-refractivity contribution in [3.63, 3.8) is 0 Å². The molecule has 26 heavy (non-hydrogen) atoms. The zero-order valence-corrected chi connectivity index (χ0v) is 16.0. The molecule has 4 heteroatoms. The van der Waals surface area contributed by atoms with Crippen molar-refractivity contribution in [2.45, 2.75) is 70.9 Å². The number of carbonyl (C=O) groups excluding carboxylic acids is 2. The zero-order valence-electron chi connectivity index (χ0n) is 16.0. The van der Waals surface area contributed by atoms with Gasteiger partial charge in [0, 0.05) is 5.54 Å². The van der Waals surface area contributed by atoms with Crippen LogP contribution in [-0.4, -0.2) is 23.5 Å². The molecule has 1 aromatic rings. The van der Waals surface area contributed by atoms with Crippen molar-refractivity contribution in [1.82, 2.24) is 5.32 Å². The van der Waals surface area contributed by atoms with Crippen molar-refractivity contribution >= 4 is 11.9 Å². The van der Waals surface area contributed by atoms with E-state index >= 15 is 0 Å². The molecule has 4 nitrogen and oxygen atoms in total. The first-order valence-electron chi connectivity index (χ1n) is 9.94. The standard InChI is InChI=1S/C22H29NO3/c1-13-4-5-14(2)19(6-13)21(25)26-15(3)20(24)23-22-10-16-7-17(11-22)9-18(8-16)12-22/h4-6,15-18H,7-12H2,1-3H3,(H,23,24)/t15-,16?,17?,18?,22?/m0/s1. The van der Waals surface area contributed by atoms with Crippen LogP contribution in [0.25, 0.3) is 0 Å². The Balaban J connectivity index is 1.41. The molecule has 4 fully saturated rings. The predicted octanol–water partition coefficient (Wildman–Crippen LogP) is 3.93. The Bertz CT molecular complexity index is 704. The molecule has 0 saturated heterocycles. The summed E-state index contributed by atoms with van der Waals surface area (Å²) in [5.74, 6) is 1.75. The van der Waals surface area contributed by atoms with Gasteiger partial charge in [0.05, 0.1) is 5.56 Å². The second-order valence-corrected chi connectivity index (χ2v) is 9.05. The van der Waals surface area contributed by atoms with Crippen LogP contribution in [-0.2, 0) is 9.53 Å². The van der Waals surface area contributed by atoms with Gasteiger partial charge in [-0.3, -0.25) is 4.79 Å². The number of hydrogen-bond donors (Lipinski definition) is 1.